The molecule has 146 valence electrons. The van der Waals surface area contributed by atoms with Gasteiger partial charge in [-0.3, -0.25) is 4.79 Å². The van der Waals surface area contributed by atoms with Crippen LogP contribution in [0.4, 0.5) is 0 Å². The molecule has 0 unspecified atom stereocenters. The maximum Gasteiger partial charge on any atom is 0.293 e. The maximum atomic E-state index is 10.5. The van der Waals surface area contributed by atoms with E-state index in [4.69, 9.17) is 4.74 Å². The number of rotatable bonds is 12. The predicted octanol–water partition coefficient (Wildman–Crippen LogP) is 5.96. The van der Waals surface area contributed by atoms with Crippen LogP contribution in [0.15, 0.2) is 18.2 Å². The molecule has 1 aliphatic carbocycles. The van der Waals surface area contributed by atoms with Gasteiger partial charge in [-0.15, -0.1) is 0 Å². The molecule has 26 heavy (non-hydrogen) atoms. The Morgan fingerprint density at radius 3 is 2.42 bits per heavy atom. The van der Waals surface area contributed by atoms with E-state index in [2.05, 4.69) is 32.9 Å². The molecule has 1 fully saturated rings. The van der Waals surface area contributed by atoms with Gasteiger partial charge in [0.05, 0.1) is 0 Å². The van der Waals surface area contributed by atoms with Crippen molar-refractivity contribution in [1.29, 1.82) is 0 Å². The SMILES string of the molecule is CC(C)(C)CCCCCc1ccc(CCCCC2(OC=O)CC2)cc1O. The van der Waals surface area contributed by atoms with Gasteiger partial charge in [0.2, 0.25) is 0 Å². The number of phenolic OH excluding ortho intramolecular Hbond substituents is 1. The Morgan fingerprint density at radius 2 is 1.81 bits per heavy atom. The van der Waals surface area contributed by atoms with Gasteiger partial charge in [-0.05, 0) is 80.4 Å². The molecule has 1 N–H and O–H groups in total. The lowest BCUT2D eigenvalue weighted by atomic mass is 9.89. The number of aromatic hydroxyl groups is 1. The number of ether oxygens (including phenoxy) is 1. The highest BCUT2D eigenvalue weighted by atomic mass is 16.5. The minimum absolute atomic E-state index is 0.138. The summed E-state index contributed by atoms with van der Waals surface area (Å²) in [6.45, 7) is 7.46. The number of hydrogen-bond acceptors (Lipinski definition) is 3. The Hall–Kier alpha value is -1.51. The van der Waals surface area contributed by atoms with Crippen LogP contribution in [-0.4, -0.2) is 17.2 Å². The molecule has 0 aliphatic heterocycles. The number of carbonyl (C=O) groups is 1. The Morgan fingerprint density at radius 1 is 1.08 bits per heavy atom. The molecule has 0 bridgehead atoms. The van der Waals surface area contributed by atoms with Gasteiger partial charge < -0.3 is 9.84 Å². The van der Waals surface area contributed by atoms with Gasteiger partial charge in [0.25, 0.3) is 6.47 Å². The van der Waals surface area contributed by atoms with E-state index < -0.39 is 0 Å². The maximum absolute atomic E-state index is 10.5. The zero-order chi connectivity index (χ0) is 19.0. The molecule has 1 saturated carbocycles. The Balaban J connectivity index is 1.65. The third-order valence-corrected chi connectivity index (χ3v) is 5.48. The van der Waals surface area contributed by atoms with E-state index in [1.807, 2.05) is 6.07 Å². The van der Waals surface area contributed by atoms with Crippen molar-refractivity contribution in [2.75, 3.05) is 0 Å². The van der Waals surface area contributed by atoms with E-state index in [0.29, 0.717) is 17.6 Å². The first-order valence-electron chi connectivity index (χ1n) is 10.3. The zero-order valence-corrected chi connectivity index (χ0v) is 16.9. The van der Waals surface area contributed by atoms with Gasteiger partial charge in [0.15, 0.2) is 0 Å². The molecule has 0 radical (unpaired) electrons. The summed E-state index contributed by atoms with van der Waals surface area (Å²) in [5.74, 6) is 0.446. The van der Waals surface area contributed by atoms with E-state index in [9.17, 15) is 9.90 Å². The zero-order valence-electron chi connectivity index (χ0n) is 16.9. The van der Waals surface area contributed by atoms with Gasteiger partial charge in [-0.2, -0.15) is 0 Å². The summed E-state index contributed by atoms with van der Waals surface area (Å²) in [5, 5.41) is 10.3. The topological polar surface area (TPSA) is 46.5 Å². The van der Waals surface area contributed by atoms with E-state index in [1.165, 1.54) is 24.8 Å². The first-order chi connectivity index (χ1) is 12.3. The first kappa shape index (κ1) is 20.8. The molecule has 0 heterocycles. The third-order valence-electron chi connectivity index (χ3n) is 5.48. The van der Waals surface area contributed by atoms with Gasteiger partial charge >= 0.3 is 0 Å². The summed E-state index contributed by atoms with van der Waals surface area (Å²) in [4.78, 5) is 10.5. The molecule has 0 spiro atoms. The van der Waals surface area contributed by atoms with Gasteiger partial charge in [-0.1, -0.05) is 45.7 Å². The van der Waals surface area contributed by atoms with Crippen molar-refractivity contribution >= 4 is 6.47 Å². The lowest BCUT2D eigenvalue weighted by Gasteiger charge is -2.17. The van der Waals surface area contributed by atoms with Crippen molar-refractivity contribution < 1.29 is 14.6 Å². The van der Waals surface area contributed by atoms with E-state index in [0.717, 1.165) is 56.9 Å². The largest absolute Gasteiger partial charge is 0.508 e. The summed E-state index contributed by atoms with van der Waals surface area (Å²) in [7, 11) is 0. The molecule has 2 rings (SSSR count). The number of phenols is 1. The van der Waals surface area contributed by atoms with Crippen molar-refractivity contribution in [3.8, 4) is 5.75 Å². The van der Waals surface area contributed by atoms with E-state index >= 15 is 0 Å². The second-order valence-electron chi connectivity index (χ2n) is 9.19. The number of benzene rings is 1. The van der Waals surface area contributed by atoms with Crippen LogP contribution in [0.25, 0.3) is 0 Å². The number of hydrogen-bond donors (Lipinski definition) is 1. The molecule has 3 heteroatoms. The fourth-order valence-electron chi connectivity index (χ4n) is 3.57. The highest BCUT2D eigenvalue weighted by Gasteiger charge is 2.44. The van der Waals surface area contributed by atoms with Crippen molar-refractivity contribution in [3.63, 3.8) is 0 Å². The third kappa shape index (κ3) is 7.39. The standard InChI is InChI=1S/C23H36O3/c1-22(2,3)13-7-4-5-10-20-12-11-19(17-21(20)25)9-6-8-14-23(15-16-23)26-18-24/h11-12,17-18,25H,4-10,13-16H2,1-3H3. The second-order valence-corrected chi connectivity index (χ2v) is 9.19. The van der Waals surface area contributed by atoms with Crippen molar-refractivity contribution in [3.05, 3.63) is 29.3 Å². The summed E-state index contributed by atoms with van der Waals surface area (Å²) in [5.41, 5.74) is 2.55. The molecule has 0 amide bonds. The molecule has 0 aromatic heterocycles. The average molecular weight is 361 g/mol. The number of aryl methyl sites for hydroxylation is 2. The molecule has 3 nitrogen and oxygen atoms in total. The van der Waals surface area contributed by atoms with Crippen LogP contribution >= 0.6 is 0 Å². The monoisotopic (exact) mass is 360 g/mol. The summed E-state index contributed by atoms with van der Waals surface area (Å²) < 4.78 is 5.18. The minimum Gasteiger partial charge on any atom is -0.508 e. The van der Waals surface area contributed by atoms with E-state index in [1.54, 1.807) is 0 Å². The van der Waals surface area contributed by atoms with E-state index in [-0.39, 0.29) is 5.60 Å². The summed E-state index contributed by atoms with van der Waals surface area (Å²) >= 11 is 0. The number of carbonyl (C=O) groups excluding carboxylic acids is 1. The van der Waals surface area contributed by atoms with Crippen LogP contribution in [0, 0.1) is 5.41 Å². The Labute approximate surface area is 159 Å². The van der Waals surface area contributed by atoms with Gasteiger partial charge in [0.1, 0.15) is 11.4 Å². The fourth-order valence-corrected chi connectivity index (χ4v) is 3.57. The fraction of sp³-hybridized carbons (Fsp3) is 0.696. The molecule has 1 aromatic carbocycles. The highest BCUT2D eigenvalue weighted by Crippen LogP contribution is 2.43. The summed E-state index contributed by atoms with van der Waals surface area (Å²) in [6, 6.07) is 6.17. The lowest BCUT2D eigenvalue weighted by molar-refractivity contribution is -0.135. The van der Waals surface area contributed by atoms with Gasteiger partial charge in [-0.25, -0.2) is 0 Å². The van der Waals surface area contributed by atoms with Crippen LogP contribution in [-0.2, 0) is 22.4 Å². The lowest BCUT2D eigenvalue weighted by Crippen LogP contribution is -2.12. The van der Waals surface area contributed by atoms with Crippen LogP contribution in [0.2, 0.25) is 0 Å². The van der Waals surface area contributed by atoms with Crippen molar-refractivity contribution in [2.24, 2.45) is 5.41 Å². The van der Waals surface area contributed by atoms with Crippen molar-refractivity contribution in [2.45, 2.75) is 97.0 Å². The second kappa shape index (κ2) is 9.43. The van der Waals surface area contributed by atoms with Crippen LogP contribution < -0.4 is 0 Å². The quantitative estimate of drug-likeness (QED) is 0.369. The molecule has 0 atom stereocenters. The number of unbranched alkanes of at least 4 members (excludes halogenated alkanes) is 3. The van der Waals surface area contributed by atoms with Gasteiger partial charge in [0, 0.05) is 0 Å². The Bertz CT molecular complexity index is 567. The normalized spacial score (nSPS) is 15.7. The molecule has 1 aromatic rings. The molecule has 1 aliphatic rings. The minimum atomic E-state index is -0.138. The highest BCUT2D eigenvalue weighted by molar-refractivity contribution is 5.39. The van der Waals surface area contributed by atoms with Crippen LogP contribution in [0.5, 0.6) is 5.75 Å². The molecular formula is C23H36O3. The summed E-state index contributed by atoms with van der Waals surface area (Å²) in [6.07, 6.45) is 11.9. The first-order valence-corrected chi connectivity index (χ1v) is 10.3. The van der Waals surface area contributed by atoms with Crippen LogP contribution in [0.1, 0.15) is 89.7 Å². The van der Waals surface area contributed by atoms with Crippen LogP contribution in [0.3, 0.4) is 0 Å². The van der Waals surface area contributed by atoms with Crippen molar-refractivity contribution in [1.82, 2.24) is 0 Å². The smallest absolute Gasteiger partial charge is 0.293 e. The molecule has 0 saturated heterocycles. The average Bonchev–Trinajstić information content (AvgIpc) is 3.32. The molecular weight excluding hydrogens is 324 g/mol. The predicted molar refractivity (Wildman–Crippen MR) is 106 cm³/mol. The Kier molecular flexibility index (Phi) is 7.55.